The lowest BCUT2D eigenvalue weighted by Gasteiger charge is -2.03. The highest BCUT2D eigenvalue weighted by molar-refractivity contribution is 6.43. The van der Waals surface area contributed by atoms with Crippen molar-refractivity contribution in [1.29, 1.82) is 0 Å². The number of methoxy groups -OCH3 is 1. The minimum atomic E-state index is -0.743. The summed E-state index contributed by atoms with van der Waals surface area (Å²) in [4.78, 5) is 21.9. The lowest BCUT2D eigenvalue weighted by atomic mass is 10.3. The molecule has 0 aliphatic heterocycles. The molecule has 74 valence electrons. The Bertz CT molecular complexity index is 245. The van der Waals surface area contributed by atoms with Gasteiger partial charge in [-0.15, -0.1) is 0 Å². The van der Waals surface area contributed by atoms with E-state index >= 15 is 0 Å². The molecule has 0 atom stereocenters. The topological polar surface area (TPSA) is 52.6 Å². The molecule has 13 heavy (non-hydrogen) atoms. The maximum atomic E-state index is 11.0. The predicted molar refractivity (Wildman–Crippen MR) is 47.2 cm³/mol. The van der Waals surface area contributed by atoms with E-state index in [2.05, 4.69) is 9.47 Å². The highest BCUT2D eigenvalue weighted by Gasteiger charge is 2.16. The summed E-state index contributed by atoms with van der Waals surface area (Å²) < 4.78 is 8.96. The molecule has 0 unspecified atom stereocenters. The van der Waals surface area contributed by atoms with Crippen molar-refractivity contribution in [3.63, 3.8) is 0 Å². The molecule has 0 spiro atoms. The van der Waals surface area contributed by atoms with Crippen molar-refractivity contribution < 1.29 is 19.1 Å². The van der Waals surface area contributed by atoms with Gasteiger partial charge in [0.15, 0.2) is 0 Å². The third kappa shape index (κ3) is 3.46. The van der Waals surface area contributed by atoms with Gasteiger partial charge in [0.05, 0.1) is 19.3 Å². The number of hydrogen-bond donors (Lipinski definition) is 0. The third-order valence-corrected chi connectivity index (χ3v) is 1.71. The van der Waals surface area contributed by atoms with E-state index in [1.807, 2.05) is 0 Å². The fourth-order valence-corrected chi connectivity index (χ4v) is 0.726. The molecule has 0 radical (unpaired) electrons. The van der Waals surface area contributed by atoms with E-state index in [0.717, 1.165) is 0 Å². The Balaban J connectivity index is 4.60. The van der Waals surface area contributed by atoms with Crippen molar-refractivity contribution >= 4 is 23.5 Å². The van der Waals surface area contributed by atoms with Gasteiger partial charge in [-0.25, -0.2) is 9.59 Å². The minimum Gasteiger partial charge on any atom is -0.465 e. The van der Waals surface area contributed by atoms with Crippen LogP contribution in [-0.2, 0) is 19.1 Å². The zero-order valence-electron chi connectivity index (χ0n) is 7.72. The van der Waals surface area contributed by atoms with Crippen LogP contribution in [0.3, 0.4) is 0 Å². The van der Waals surface area contributed by atoms with E-state index in [1.165, 1.54) is 14.0 Å². The van der Waals surface area contributed by atoms with Gasteiger partial charge < -0.3 is 9.47 Å². The standard InChI is InChI=1S/C8H11ClO4/c1-4-13-7(10)5(2)6(9)8(11)12-3/h4H2,1-3H3. The Morgan fingerprint density at radius 1 is 1.31 bits per heavy atom. The Morgan fingerprint density at radius 2 is 1.85 bits per heavy atom. The molecule has 0 aromatic heterocycles. The lowest BCUT2D eigenvalue weighted by Crippen LogP contribution is -2.11. The summed E-state index contributed by atoms with van der Waals surface area (Å²) >= 11 is 5.52. The number of carbonyl (C=O) groups is 2. The van der Waals surface area contributed by atoms with Gasteiger partial charge in [0.2, 0.25) is 0 Å². The smallest absolute Gasteiger partial charge is 0.350 e. The Kier molecular flexibility index (Phi) is 5.14. The molecule has 0 aromatic rings. The molecule has 0 saturated carbocycles. The fourth-order valence-electron chi connectivity index (χ4n) is 0.572. The van der Waals surface area contributed by atoms with Gasteiger partial charge in [-0.1, -0.05) is 11.6 Å². The second kappa shape index (κ2) is 5.59. The first kappa shape index (κ1) is 12.0. The van der Waals surface area contributed by atoms with Gasteiger partial charge in [0.1, 0.15) is 5.03 Å². The first-order valence-corrected chi connectivity index (χ1v) is 4.04. The summed E-state index contributed by atoms with van der Waals surface area (Å²) in [5.41, 5.74) is 0.0513. The quantitative estimate of drug-likeness (QED) is 0.515. The maximum Gasteiger partial charge on any atom is 0.350 e. The van der Waals surface area contributed by atoms with Gasteiger partial charge in [0.25, 0.3) is 0 Å². The largest absolute Gasteiger partial charge is 0.465 e. The summed E-state index contributed by atoms with van der Waals surface area (Å²) in [6, 6.07) is 0. The molecule has 5 heteroatoms. The van der Waals surface area contributed by atoms with Crippen molar-refractivity contribution in [1.82, 2.24) is 0 Å². The lowest BCUT2D eigenvalue weighted by molar-refractivity contribution is -0.140. The molecule has 0 fully saturated rings. The Labute approximate surface area is 81.5 Å². The number of carbonyl (C=O) groups excluding carboxylic acids is 2. The van der Waals surface area contributed by atoms with Crippen LogP contribution in [0, 0.1) is 0 Å². The van der Waals surface area contributed by atoms with Gasteiger partial charge >= 0.3 is 11.9 Å². The van der Waals surface area contributed by atoms with Crippen LogP contribution < -0.4 is 0 Å². The zero-order chi connectivity index (χ0) is 10.4. The van der Waals surface area contributed by atoms with Crippen LogP contribution in [0.2, 0.25) is 0 Å². The maximum absolute atomic E-state index is 11.0. The molecule has 0 bridgehead atoms. The van der Waals surface area contributed by atoms with Crippen LogP contribution in [0.25, 0.3) is 0 Å². The SMILES string of the molecule is CCOC(=O)C(C)=C(Cl)C(=O)OC. The number of ether oxygens (including phenoxy) is 2. The summed E-state index contributed by atoms with van der Waals surface area (Å²) in [6.07, 6.45) is 0. The van der Waals surface area contributed by atoms with Crippen LogP contribution in [0.4, 0.5) is 0 Å². The summed E-state index contributed by atoms with van der Waals surface area (Å²) in [5.74, 6) is -1.36. The monoisotopic (exact) mass is 206 g/mol. The van der Waals surface area contributed by atoms with E-state index in [-0.39, 0.29) is 17.2 Å². The molecule has 0 amide bonds. The zero-order valence-corrected chi connectivity index (χ0v) is 8.47. The highest BCUT2D eigenvalue weighted by atomic mass is 35.5. The molecule has 0 aromatic carbocycles. The van der Waals surface area contributed by atoms with Crippen LogP contribution in [0.5, 0.6) is 0 Å². The second-order valence-electron chi connectivity index (χ2n) is 2.15. The predicted octanol–water partition coefficient (Wildman–Crippen LogP) is 1.24. The van der Waals surface area contributed by atoms with Crippen molar-refractivity contribution in [3.8, 4) is 0 Å². The molecule has 0 heterocycles. The third-order valence-electron chi connectivity index (χ3n) is 1.28. The summed E-state index contributed by atoms with van der Waals surface area (Å²) in [6.45, 7) is 3.30. The van der Waals surface area contributed by atoms with E-state index in [9.17, 15) is 9.59 Å². The van der Waals surface area contributed by atoms with Gasteiger partial charge in [-0.3, -0.25) is 0 Å². The van der Waals surface area contributed by atoms with Gasteiger partial charge in [-0.05, 0) is 13.8 Å². The van der Waals surface area contributed by atoms with Gasteiger partial charge in [-0.2, -0.15) is 0 Å². The first-order chi connectivity index (χ1) is 6.04. The van der Waals surface area contributed by atoms with Crippen molar-refractivity contribution in [2.24, 2.45) is 0 Å². The summed E-state index contributed by atoms with van der Waals surface area (Å²) in [7, 11) is 1.18. The van der Waals surface area contributed by atoms with E-state index in [1.54, 1.807) is 6.92 Å². The Hall–Kier alpha value is -1.03. The molecule has 0 N–H and O–H groups in total. The van der Waals surface area contributed by atoms with Crippen LogP contribution in [0.1, 0.15) is 13.8 Å². The van der Waals surface area contributed by atoms with Crippen LogP contribution >= 0.6 is 11.6 Å². The normalized spacial score (nSPS) is 11.7. The minimum absolute atomic E-state index is 0.0513. The van der Waals surface area contributed by atoms with Crippen LogP contribution in [0.15, 0.2) is 10.6 Å². The van der Waals surface area contributed by atoms with Crippen molar-refractivity contribution in [3.05, 3.63) is 10.6 Å². The Morgan fingerprint density at radius 3 is 2.23 bits per heavy atom. The number of rotatable bonds is 3. The fraction of sp³-hybridized carbons (Fsp3) is 0.500. The van der Waals surface area contributed by atoms with E-state index in [4.69, 9.17) is 11.6 Å². The average Bonchev–Trinajstić information content (AvgIpc) is 2.14. The highest BCUT2D eigenvalue weighted by Crippen LogP contribution is 2.12. The van der Waals surface area contributed by atoms with Crippen LogP contribution in [-0.4, -0.2) is 25.7 Å². The molecular formula is C8H11ClO4. The van der Waals surface area contributed by atoms with Gasteiger partial charge in [0, 0.05) is 0 Å². The van der Waals surface area contributed by atoms with E-state index in [0.29, 0.717) is 0 Å². The van der Waals surface area contributed by atoms with Crippen molar-refractivity contribution in [2.75, 3.05) is 13.7 Å². The molecule has 0 aliphatic carbocycles. The number of halogens is 1. The molecule has 0 saturated heterocycles. The molecule has 0 rings (SSSR count). The number of hydrogen-bond acceptors (Lipinski definition) is 4. The summed E-state index contributed by atoms with van der Waals surface area (Å²) in [5, 5.41) is -0.249. The van der Waals surface area contributed by atoms with E-state index < -0.39 is 11.9 Å². The second-order valence-corrected chi connectivity index (χ2v) is 2.53. The average molecular weight is 207 g/mol. The first-order valence-electron chi connectivity index (χ1n) is 3.66. The number of esters is 2. The molecular weight excluding hydrogens is 196 g/mol. The molecule has 0 aliphatic rings. The molecule has 4 nitrogen and oxygen atoms in total. The van der Waals surface area contributed by atoms with Crippen molar-refractivity contribution in [2.45, 2.75) is 13.8 Å².